The lowest BCUT2D eigenvalue weighted by Crippen LogP contribution is -2.31. The minimum Gasteiger partial charge on any atom is -0.497 e. The maximum Gasteiger partial charge on any atom is 0.225 e. The van der Waals surface area contributed by atoms with E-state index < -0.39 is 0 Å². The molecule has 0 saturated carbocycles. The average Bonchev–Trinajstić information content (AvgIpc) is 2.68. The summed E-state index contributed by atoms with van der Waals surface area (Å²) in [5.74, 6) is 0.781. The standard InChI is InChI=1S/C23H23NO2/c1-17-8-6-7-11-21(17)23(19-9-4-3-5-10-19)24-22(25)16-18-12-14-20(26-2)15-13-18/h3-15,23H,16H2,1-2H3,(H,24,25)/t23-/m0/s1. The summed E-state index contributed by atoms with van der Waals surface area (Å²) in [6.07, 6.45) is 0.333. The fourth-order valence-corrected chi connectivity index (χ4v) is 3.04. The molecule has 0 aliphatic rings. The number of aryl methyl sites for hydroxylation is 1. The number of benzene rings is 3. The first-order chi connectivity index (χ1) is 12.7. The van der Waals surface area contributed by atoms with E-state index in [2.05, 4.69) is 24.4 Å². The van der Waals surface area contributed by atoms with Crippen molar-refractivity contribution in [3.05, 3.63) is 101 Å². The first-order valence-electron chi connectivity index (χ1n) is 8.70. The summed E-state index contributed by atoms with van der Waals surface area (Å²) in [6.45, 7) is 2.07. The van der Waals surface area contributed by atoms with Crippen LogP contribution in [0.3, 0.4) is 0 Å². The van der Waals surface area contributed by atoms with Gasteiger partial charge in [0.25, 0.3) is 0 Å². The van der Waals surface area contributed by atoms with Crippen LogP contribution in [0.2, 0.25) is 0 Å². The van der Waals surface area contributed by atoms with Crippen molar-refractivity contribution in [2.75, 3.05) is 7.11 Å². The number of carbonyl (C=O) groups excluding carboxylic acids is 1. The Bertz CT molecular complexity index is 857. The maximum atomic E-state index is 12.7. The molecule has 1 amide bonds. The highest BCUT2D eigenvalue weighted by Gasteiger charge is 2.18. The fraction of sp³-hybridized carbons (Fsp3) is 0.174. The summed E-state index contributed by atoms with van der Waals surface area (Å²) < 4.78 is 5.17. The molecule has 3 nitrogen and oxygen atoms in total. The number of methoxy groups -OCH3 is 1. The summed E-state index contributed by atoms with van der Waals surface area (Å²) in [4.78, 5) is 12.7. The Labute approximate surface area is 154 Å². The van der Waals surface area contributed by atoms with Crippen molar-refractivity contribution >= 4 is 5.91 Å². The molecule has 1 atom stereocenters. The Hall–Kier alpha value is -3.07. The molecule has 0 spiro atoms. The molecule has 26 heavy (non-hydrogen) atoms. The van der Waals surface area contributed by atoms with Gasteiger partial charge < -0.3 is 10.1 Å². The van der Waals surface area contributed by atoms with Gasteiger partial charge in [0.15, 0.2) is 0 Å². The van der Waals surface area contributed by atoms with Crippen molar-refractivity contribution in [2.45, 2.75) is 19.4 Å². The molecule has 3 rings (SSSR count). The third-order valence-corrected chi connectivity index (χ3v) is 4.46. The van der Waals surface area contributed by atoms with Crippen LogP contribution >= 0.6 is 0 Å². The average molecular weight is 345 g/mol. The van der Waals surface area contributed by atoms with Gasteiger partial charge in [-0.2, -0.15) is 0 Å². The van der Waals surface area contributed by atoms with Crippen LogP contribution in [0.1, 0.15) is 28.3 Å². The van der Waals surface area contributed by atoms with E-state index in [0.717, 1.165) is 28.0 Å². The van der Waals surface area contributed by atoms with Crippen molar-refractivity contribution in [1.29, 1.82) is 0 Å². The van der Waals surface area contributed by atoms with E-state index in [9.17, 15) is 4.79 Å². The molecule has 3 aromatic carbocycles. The molecule has 0 aliphatic heterocycles. The smallest absolute Gasteiger partial charge is 0.225 e. The lowest BCUT2D eigenvalue weighted by molar-refractivity contribution is -0.120. The van der Waals surface area contributed by atoms with Gasteiger partial charge in [0, 0.05) is 0 Å². The zero-order valence-electron chi connectivity index (χ0n) is 15.1. The lowest BCUT2D eigenvalue weighted by atomic mass is 9.94. The molecule has 1 N–H and O–H groups in total. The van der Waals surface area contributed by atoms with Gasteiger partial charge in [0.1, 0.15) is 5.75 Å². The fourth-order valence-electron chi connectivity index (χ4n) is 3.04. The van der Waals surface area contributed by atoms with Gasteiger partial charge in [-0.15, -0.1) is 0 Å². The predicted octanol–water partition coefficient (Wildman–Crippen LogP) is 4.45. The quantitative estimate of drug-likeness (QED) is 0.717. The van der Waals surface area contributed by atoms with Crippen molar-refractivity contribution in [3.8, 4) is 5.75 Å². The number of ether oxygens (including phenoxy) is 1. The monoisotopic (exact) mass is 345 g/mol. The van der Waals surface area contributed by atoms with Crippen LogP contribution in [0.15, 0.2) is 78.9 Å². The van der Waals surface area contributed by atoms with Gasteiger partial charge in [-0.25, -0.2) is 0 Å². The topological polar surface area (TPSA) is 38.3 Å². The second-order valence-electron chi connectivity index (χ2n) is 6.29. The second-order valence-corrected chi connectivity index (χ2v) is 6.29. The van der Waals surface area contributed by atoms with E-state index in [-0.39, 0.29) is 11.9 Å². The largest absolute Gasteiger partial charge is 0.497 e. The third-order valence-electron chi connectivity index (χ3n) is 4.46. The first-order valence-corrected chi connectivity index (χ1v) is 8.70. The number of carbonyl (C=O) groups is 1. The van der Waals surface area contributed by atoms with E-state index in [0.29, 0.717) is 6.42 Å². The molecule has 0 aliphatic carbocycles. The summed E-state index contributed by atoms with van der Waals surface area (Å²) >= 11 is 0. The molecule has 3 aromatic rings. The second kappa shape index (κ2) is 8.34. The number of nitrogens with one attached hydrogen (secondary N) is 1. The minimum atomic E-state index is -0.164. The van der Waals surface area contributed by atoms with Gasteiger partial charge in [-0.05, 0) is 41.3 Å². The molecule has 132 valence electrons. The normalized spacial score (nSPS) is 11.6. The Kier molecular flexibility index (Phi) is 5.69. The molecular weight excluding hydrogens is 322 g/mol. The minimum absolute atomic E-state index is 0.00715. The molecule has 0 bridgehead atoms. The molecule has 0 radical (unpaired) electrons. The number of hydrogen-bond donors (Lipinski definition) is 1. The Morgan fingerprint density at radius 3 is 2.23 bits per heavy atom. The number of amides is 1. The van der Waals surface area contributed by atoms with Gasteiger partial charge in [0.2, 0.25) is 5.91 Å². The SMILES string of the molecule is COc1ccc(CC(=O)N[C@@H](c2ccccc2)c2ccccc2C)cc1. The van der Waals surface area contributed by atoms with Crippen LogP contribution in [0.25, 0.3) is 0 Å². The highest BCUT2D eigenvalue weighted by molar-refractivity contribution is 5.79. The zero-order valence-corrected chi connectivity index (χ0v) is 15.1. The molecule has 0 aromatic heterocycles. The van der Waals surface area contributed by atoms with Crippen LogP contribution in [0.4, 0.5) is 0 Å². The Morgan fingerprint density at radius 2 is 1.58 bits per heavy atom. The number of rotatable bonds is 6. The van der Waals surface area contributed by atoms with Crippen molar-refractivity contribution in [2.24, 2.45) is 0 Å². The van der Waals surface area contributed by atoms with Gasteiger partial charge in [0.05, 0.1) is 19.6 Å². The van der Waals surface area contributed by atoms with E-state index in [1.807, 2.05) is 66.7 Å². The summed E-state index contributed by atoms with van der Waals surface area (Å²) in [5.41, 5.74) is 4.30. The molecule has 0 saturated heterocycles. The summed E-state index contributed by atoms with van der Waals surface area (Å²) in [7, 11) is 1.63. The summed E-state index contributed by atoms with van der Waals surface area (Å²) in [6, 6.07) is 25.7. The molecule has 3 heteroatoms. The molecule has 0 unspecified atom stereocenters. The van der Waals surface area contributed by atoms with E-state index in [1.54, 1.807) is 7.11 Å². The predicted molar refractivity (Wildman–Crippen MR) is 104 cm³/mol. The van der Waals surface area contributed by atoms with Gasteiger partial charge >= 0.3 is 0 Å². The number of hydrogen-bond acceptors (Lipinski definition) is 2. The maximum absolute atomic E-state index is 12.7. The van der Waals surface area contributed by atoms with Crippen molar-refractivity contribution < 1.29 is 9.53 Å². The Balaban J connectivity index is 1.81. The first kappa shape index (κ1) is 17.7. The van der Waals surface area contributed by atoms with E-state index >= 15 is 0 Å². The van der Waals surface area contributed by atoms with Crippen LogP contribution in [-0.4, -0.2) is 13.0 Å². The molecular formula is C23H23NO2. The zero-order chi connectivity index (χ0) is 18.4. The van der Waals surface area contributed by atoms with E-state index in [4.69, 9.17) is 4.74 Å². The van der Waals surface area contributed by atoms with Gasteiger partial charge in [-0.3, -0.25) is 4.79 Å². The lowest BCUT2D eigenvalue weighted by Gasteiger charge is -2.22. The van der Waals surface area contributed by atoms with Gasteiger partial charge in [-0.1, -0.05) is 66.7 Å². The highest BCUT2D eigenvalue weighted by atomic mass is 16.5. The highest BCUT2D eigenvalue weighted by Crippen LogP contribution is 2.25. The Morgan fingerprint density at radius 1 is 0.923 bits per heavy atom. The van der Waals surface area contributed by atoms with Crippen molar-refractivity contribution in [3.63, 3.8) is 0 Å². The van der Waals surface area contributed by atoms with Crippen LogP contribution in [-0.2, 0) is 11.2 Å². The van der Waals surface area contributed by atoms with Crippen molar-refractivity contribution in [1.82, 2.24) is 5.32 Å². The van der Waals surface area contributed by atoms with Crippen LogP contribution in [0.5, 0.6) is 5.75 Å². The van der Waals surface area contributed by atoms with Crippen LogP contribution in [0, 0.1) is 6.92 Å². The van der Waals surface area contributed by atoms with Crippen LogP contribution < -0.4 is 10.1 Å². The molecule has 0 heterocycles. The third kappa shape index (κ3) is 4.31. The summed E-state index contributed by atoms with van der Waals surface area (Å²) in [5, 5.41) is 3.20. The van der Waals surface area contributed by atoms with E-state index in [1.165, 1.54) is 0 Å². The molecule has 0 fully saturated rings.